The molecule has 2 aliphatic rings. The molecule has 0 radical (unpaired) electrons. The van der Waals surface area contributed by atoms with Crippen LogP contribution < -0.4 is 4.74 Å². The van der Waals surface area contributed by atoms with Crippen molar-refractivity contribution in [1.29, 1.82) is 0 Å². The van der Waals surface area contributed by atoms with E-state index in [4.69, 9.17) is 19.1 Å². The van der Waals surface area contributed by atoms with Crippen molar-refractivity contribution in [2.75, 3.05) is 0 Å². The van der Waals surface area contributed by atoms with Gasteiger partial charge in [-0.3, -0.25) is 9.55 Å². The van der Waals surface area contributed by atoms with E-state index in [1.165, 1.54) is 46.9 Å². The molecule has 4 aromatic carbocycles. The second-order valence-corrected chi connectivity index (χ2v) is 20.4. The summed E-state index contributed by atoms with van der Waals surface area (Å²) in [4.78, 5) is 10.2. The summed E-state index contributed by atoms with van der Waals surface area (Å²) in [5, 5.41) is 4.41. The lowest BCUT2D eigenvalue weighted by atomic mass is 9.53. The van der Waals surface area contributed by atoms with Crippen LogP contribution in [0, 0.1) is 36.5 Å². The van der Waals surface area contributed by atoms with Gasteiger partial charge in [0, 0.05) is 45.6 Å². The normalized spacial score (nSPS) is 19.7. The first-order chi connectivity index (χ1) is 27.5. The first-order valence-corrected chi connectivity index (χ1v) is 21.1. The van der Waals surface area contributed by atoms with Gasteiger partial charge in [-0.15, -0.1) is 0 Å². The molecule has 5 heteroatoms. The molecule has 58 heavy (non-hydrogen) atoms. The summed E-state index contributed by atoms with van der Waals surface area (Å²) < 4.78 is 15.8. The number of hydrogen-bond donors (Lipinski definition) is 0. The van der Waals surface area contributed by atoms with Crippen LogP contribution in [0.25, 0.3) is 60.8 Å². The molecule has 8 aromatic rings. The largest absolute Gasteiger partial charge is 0.453 e. The summed E-state index contributed by atoms with van der Waals surface area (Å²) in [7, 11) is 0. The van der Waals surface area contributed by atoms with Gasteiger partial charge >= 0.3 is 0 Å². The highest BCUT2D eigenvalue weighted by Crippen LogP contribution is 2.62. The van der Waals surface area contributed by atoms with Crippen molar-refractivity contribution in [3.63, 3.8) is 0 Å². The second kappa shape index (κ2) is 12.5. The third-order valence-corrected chi connectivity index (χ3v) is 14.1. The van der Waals surface area contributed by atoms with Gasteiger partial charge in [0.15, 0.2) is 11.3 Å². The van der Waals surface area contributed by atoms with Crippen molar-refractivity contribution in [1.82, 2.24) is 14.5 Å². The Kier molecular flexibility index (Phi) is 7.98. The van der Waals surface area contributed by atoms with Gasteiger partial charge in [0.1, 0.15) is 17.2 Å². The minimum absolute atomic E-state index is 0.00538. The van der Waals surface area contributed by atoms with E-state index in [1.807, 2.05) is 18.3 Å². The third-order valence-electron chi connectivity index (χ3n) is 14.1. The fraction of sp³-hybridized carbons (Fsp3) is 0.358. The zero-order chi connectivity index (χ0) is 40.5. The molecule has 0 bridgehead atoms. The second-order valence-electron chi connectivity index (χ2n) is 20.4. The molecule has 4 heterocycles. The molecule has 0 spiro atoms. The Morgan fingerprint density at radius 3 is 2.09 bits per heavy atom. The molecule has 0 aliphatic heterocycles. The van der Waals surface area contributed by atoms with Gasteiger partial charge in [0.2, 0.25) is 0 Å². The smallest absolute Gasteiger partial charge is 0.177 e. The van der Waals surface area contributed by atoms with Crippen molar-refractivity contribution in [3.05, 3.63) is 126 Å². The maximum Gasteiger partial charge on any atom is 0.177 e. The minimum atomic E-state index is -0.0187. The Morgan fingerprint density at radius 1 is 0.638 bits per heavy atom. The van der Waals surface area contributed by atoms with Crippen LogP contribution in [0.5, 0.6) is 11.5 Å². The van der Waals surface area contributed by atoms with Crippen LogP contribution in [0.3, 0.4) is 0 Å². The summed E-state index contributed by atoms with van der Waals surface area (Å²) in [6, 6.07) is 32.1. The number of nitrogens with zero attached hydrogens (tertiary/aromatic N) is 3. The molecule has 0 saturated heterocycles. The first kappa shape index (κ1) is 36.9. The molecule has 5 nitrogen and oxygen atoms in total. The predicted molar refractivity (Wildman–Crippen MR) is 240 cm³/mol. The zero-order valence-corrected chi connectivity index (χ0v) is 35.7. The van der Waals surface area contributed by atoms with Crippen molar-refractivity contribution >= 4 is 43.7 Å². The van der Waals surface area contributed by atoms with Crippen LogP contribution >= 0.6 is 0 Å². The highest BCUT2D eigenvalue weighted by molar-refractivity contribution is 6.10. The van der Waals surface area contributed by atoms with E-state index >= 15 is 0 Å². The summed E-state index contributed by atoms with van der Waals surface area (Å²) >= 11 is 0. The Morgan fingerprint density at radius 2 is 1.33 bits per heavy atom. The molecule has 1 saturated carbocycles. The number of fused-ring (bicyclic) bond motifs is 7. The standard InChI is InChI=1S/C53H55N3O2/c1-31-21-47(55-28-32(31)2)56-43-17-13-11-15-36(43)37-20-19-35(24-44(37)56)57-46-23-33(22-39-38-16-12-14-18-45(38)58-48(39)46)42-25-40-41(29-54-42)53(9,10)49(52(40,7)8)34-26-50(3,4)30-51(5,6)27-34/h11-25,28-29,34,49H,26-27,30H2,1-10H3. The molecule has 294 valence electrons. The molecule has 0 N–H and O–H groups in total. The Bertz CT molecular complexity index is 2940. The topological polar surface area (TPSA) is 53.1 Å². The number of aryl methyl sites for hydroxylation is 2. The number of pyridine rings is 2. The molecular formula is C53H55N3O2. The van der Waals surface area contributed by atoms with E-state index in [2.05, 4.69) is 159 Å². The van der Waals surface area contributed by atoms with Gasteiger partial charge in [0.25, 0.3) is 0 Å². The number of furan rings is 1. The summed E-state index contributed by atoms with van der Waals surface area (Å²) in [6.07, 6.45) is 7.96. The van der Waals surface area contributed by atoms with Crippen molar-refractivity contribution in [3.8, 4) is 28.6 Å². The summed E-state index contributed by atoms with van der Waals surface area (Å²) in [6.45, 7) is 24.1. The van der Waals surface area contributed by atoms with E-state index in [1.54, 1.807) is 0 Å². The van der Waals surface area contributed by atoms with E-state index in [-0.39, 0.29) is 10.8 Å². The van der Waals surface area contributed by atoms with E-state index in [9.17, 15) is 0 Å². The average Bonchev–Trinajstić information content (AvgIpc) is 3.75. The quantitative estimate of drug-likeness (QED) is 0.175. The Hall–Kier alpha value is -5.42. The zero-order valence-electron chi connectivity index (χ0n) is 35.7. The highest BCUT2D eigenvalue weighted by atomic mass is 16.5. The predicted octanol–water partition coefficient (Wildman–Crippen LogP) is 14.6. The third kappa shape index (κ3) is 5.71. The van der Waals surface area contributed by atoms with Crippen LogP contribution in [-0.2, 0) is 10.8 Å². The number of hydrogen-bond acceptors (Lipinski definition) is 4. The first-order valence-electron chi connectivity index (χ1n) is 21.1. The van der Waals surface area contributed by atoms with Crippen LogP contribution in [0.2, 0.25) is 0 Å². The van der Waals surface area contributed by atoms with Crippen LogP contribution in [0.1, 0.15) is 96.9 Å². The van der Waals surface area contributed by atoms with Crippen LogP contribution in [0.15, 0.2) is 108 Å². The highest BCUT2D eigenvalue weighted by Gasteiger charge is 2.56. The molecule has 0 amide bonds. The van der Waals surface area contributed by atoms with E-state index in [0.717, 1.165) is 61.2 Å². The Balaban J connectivity index is 1.10. The van der Waals surface area contributed by atoms with Gasteiger partial charge in [0.05, 0.1) is 16.7 Å². The van der Waals surface area contributed by atoms with Gasteiger partial charge in [-0.05, 0) is 137 Å². The number of benzene rings is 4. The summed E-state index contributed by atoms with van der Waals surface area (Å²) in [5.41, 5.74) is 11.5. The molecular weight excluding hydrogens is 711 g/mol. The maximum absolute atomic E-state index is 6.97. The number of aromatic nitrogens is 3. The van der Waals surface area contributed by atoms with Gasteiger partial charge in [-0.25, -0.2) is 4.98 Å². The minimum Gasteiger partial charge on any atom is -0.453 e. The number of para-hydroxylation sites is 2. The molecule has 1 unspecified atom stereocenters. The van der Waals surface area contributed by atoms with Gasteiger partial charge in [-0.2, -0.15) is 0 Å². The average molecular weight is 766 g/mol. The van der Waals surface area contributed by atoms with Gasteiger partial charge in [-0.1, -0.05) is 91.8 Å². The maximum atomic E-state index is 6.97. The molecule has 2 aliphatic carbocycles. The lowest BCUT2D eigenvalue weighted by molar-refractivity contribution is 0.00421. The lowest BCUT2D eigenvalue weighted by Gasteiger charge is -2.52. The number of rotatable bonds is 5. The SMILES string of the molecule is Cc1cnc(-n2c3ccccc3c3ccc(Oc4cc(-c5cc6c(cn5)C(C)(C)C(C5CC(C)(C)CC(C)(C)C5)C6(C)C)cc5c4oc4ccccc45)cc32)cc1C. The Labute approximate surface area is 342 Å². The molecule has 1 fully saturated rings. The van der Waals surface area contributed by atoms with E-state index in [0.29, 0.717) is 28.4 Å². The van der Waals surface area contributed by atoms with Gasteiger partial charge < -0.3 is 9.15 Å². The fourth-order valence-electron chi connectivity index (χ4n) is 12.4. The lowest BCUT2D eigenvalue weighted by Crippen LogP contribution is -2.45. The van der Waals surface area contributed by atoms with Crippen molar-refractivity contribution in [2.45, 2.75) is 99.3 Å². The van der Waals surface area contributed by atoms with Crippen LogP contribution in [-0.4, -0.2) is 14.5 Å². The monoisotopic (exact) mass is 765 g/mol. The summed E-state index contributed by atoms with van der Waals surface area (Å²) in [5.74, 6) is 3.43. The molecule has 10 rings (SSSR count). The van der Waals surface area contributed by atoms with Crippen molar-refractivity contribution in [2.24, 2.45) is 22.7 Å². The van der Waals surface area contributed by atoms with Crippen molar-refractivity contribution < 1.29 is 9.15 Å². The molecule has 4 aromatic heterocycles. The molecule has 1 atom stereocenters. The van der Waals surface area contributed by atoms with E-state index < -0.39 is 0 Å². The fourth-order valence-corrected chi connectivity index (χ4v) is 12.4. The van der Waals surface area contributed by atoms with Crippen LogP contribution in [0.4, 0.5) is 0 Å². The number of ether oxygens (including phenoxy) is 1.